The number of hydrogen-bond acceptors (Lipinski definition) is 11. The van der Waals surface area contributed by atoms with Crippen LogP contribution in [0.25, 0.3) is 22.6 Å². The van der Waals surface area contributed by atoms with Crippen LogP contribution in [0.15, 0.2) is 43.2 Å². The van der Waals surface area contributed by atoms with E-state index >= 15 is 0 Å². The maximum absolute atomic E-state index is 13.8. The molecule has 4 aromatic rings. The lowest BCUT2D eigenvalue weighted by atomic mass is 9.87. The highest BCUT2D eigenvalue weighted by Crippen LogP contribution is 2.37. The van der Waals surface area contributed by atoms with E-state index in [4.69, 9.17) is 16.5 Å². The van der Waals surface area contributed by atoms with Gasteiger partial charge in [0.1, 0.15) is 23.1 Å². The Kier molecular flexibility index (Phi) is 8.39. The number of carbonyl (C=O) groups excluding carboxylic acids is 1. The standard InChI is InChI=1S/C27H29ClN12O2/c1-17(2)35-26(41)40(22-16-30-21(15-31-22)19-13-33-25(42-3)34-14-19)27(8-5-4-6-9-27)37-24-32-12-18(11-29)23(36-24)20-7-10-39(28)38-20/h7,10,12-17H,4-6,8-9H2,1-3H3,(H,35,41)(H,32,36,37). The number of nitrogens with one attached hydrogen (secondary N) is 2. The average Bonchev–Trinajstić information content (AvgIpc) is 3.43. The first kappa shape index (κ1) is 28.6. The van der Waals surface area contributed by atoms with Crippen LogP contribution in [0.4, 0.5) is 16.6 Å². The molecule has 14 nitrogen and oxygen atoms in total. The number of methoxy groups -OCH3 is 1. The largest absolute Gasteiger partial charge is 0.467 e. The fourth-order valence-electron chi connectivity index (χ4n) is 4.87. The monoisotopic (exact) mass is 588 g/mol. The van der Waals surface area contributed by atoms with Gasteiger partial charge in [-0.2, -0.15) is 14.6 Å². The summed E-state index contributed by atoms with van der Waals surface area (Å²) in [5.74, 6) is 0.577. The molecule has 1 aliphatic carbocycles. The van der Waals surface area contributed by atoms with Crippen molar-refractivity contribution >= 4 is 29.6 Å². The molecule has 15 heteroatoms. The van der Waals surface area contributed by atoms with E-state index in [2.05, 4.69) is 51.7 Å². The molecule has 5 rings (SSSR count). The normalized spacial score (nSPS) is 14.2. The summed E-state index contributed by atoms with van der Waals surface area (Å²) >= 11 is 5.96. The van der Waals surface area contributed by atoms with Crippen molar-refractivity contribution in [3.63, 3.8) is 0 Å². The first-order chi connectivity index (χ1) is 20.3. The molecule has 216 valence electrons. The summed E-state index contributed by atoms with van der Waals surface area (Å²) < 4.78 is 6.15. The molecule has 0 spiro atoms. The Balaban J connectivity index is 1.54. The zero-order valence-corrected chi connectivity index (χ0v) is 24.1. The Morgan fingerprint density at radius 2 is 1.83 bits per heavy atom. The predicted molar refractivity (Wildman–Crippen MR) is 154 cm³/mol. The van der Waals surface area contributed by atoms with Crippen molar-refractivity contribution in [1.29, 1.82) is 5.26 Å². The minimum absolute atomic E-state index is 0.132. The minimum atomic E-state index is -0.937. The fraction of sp³-hybridized carbons (Fsp3) is 0.370. The number of nitriles is 1. The predicted octanol–water partition coefficient (Wildman–Crippen LogP) is 4.17. The van der Waals surface area contributed by atoms with Gasteiger partial charge < -0.3 is 15.4 Å². The topological polar surface area (TPSA) is 173 Å². The van der Waals surface area contributed by atoms with Gasteiger partial charge in [0.05, 0.1) is 37.0 Å². The first-order valence-electron chi connectivity index (χ1n) is 13.4. The summed E-state index contributed by atoms with van der Waals surface area (Å²) in [6.07, 6.45) is 13.2. The molecule has 4 aromatic heterocycles. The Morgan fingerprint density at radius 3 is 2.43 bits per heavy atom. The van der Waals surface area contributed by atoms with Gasteiger partial charge in [-0.25, -0.2) is 29.7 Å². The Labute approximate surface area is 247 Å². The molecule has 4 heterocycles. The van der Waals surface area contributed by atoms with Crippen LogP contribution in [0, 0.1) is 11.3 Å². The zero-order chi connectivity index (χ0) is 29.7. The Morgan fingerprint density at radius 1 is 1.07 bits per heavy atom. The van der Waals surface area contributed by atoms with E-state index in [9.17, 15) is 10.1 Å². The molecule has 1 saturated carbocycles. The van der Waals surface area contributed by atoms with Crippen LogP contribution in [0.2, 0.25) is 0 Å². The van der Waals surface area contributed by atoms with E-state index in [1.54, 1.807) is 42.0 Å². The third kappa shape index (κ3) is 6.06. The molecular weight excluding hydrogens is 560 g/mol. The van der Waals surface area contributed by atoms with Crippen molar-refractivity contribution in [2.45, 2.75) is 57.7 Å². The maximum atomic E-state index is 13.8. The summed E-state index contributed by atoms with van der Waals surface area (Å²) in [6, 6.07) is 3.53. The van der Waals surface area contributed by atoms with Crippen molar-refractivity contribution in [2.24, 2.45) is 0 Å². The van der Waals surface area contributed by atoms with E-state index in [0.717, 1.165) is 23.5 Å². The molecular formula is C27H29ClN12O2. The van der Waals surface area contributed by atoms with Gasteiger partial charge in [-0.1, -0.05) is 6.42 Å². The van der Waals surface area contributed by atoms with Crippen LogP contribution < -0.4 is 20.3 Å². The third-order valence-electron chi connectivity index (χ3n) is 6.75. The summed E-state index contributed by atoms with van der Waals surface area (Å²) in [6.45, 7) is 3.78. The zero-order valence-electron chi connectivity index (χ0n) is 23.3. The van der Waals surface area contributed by atoms with Crippen molar-refractivity contribution in [3.05, 3.63) is 48.8 Å². The average molecular weight is 589 g/mol. The number of halogens is 1. The van der Waals surface area contributed by atoms with E-state index in [1.807, 2.05) is 13.8 Å². The van der Waals surface area contributed by atoms with Gasteiger partial charge >= 0.3 is 12.0 Å². The molecule has 0 bridgehead atoms. The first-order valence-corrected chi connectivity index (χ1v) is 13.7. The molecule has 1 fully saturated rings. The quantitative estimate of drug-likeness (QED) is 0.283. The minimum Gasteiger partial charge on any atom is -0.467 e. The highest BCUT2D eigenvalue weighted by Gasteiger charge is 2.43. The highest BCUT2D eigenvalue weighted by molar-refractivity contribution is 6.14. The molecule has 0 atom stereocenters. The molecule has 0 aliphatic heterocycles. The molecule has 42 heavy (non-hydrogen) atoms. The molecule has 1 aliphatic rings. The summed E-state index contributed by atoms with van der Waals surface area (Å²) in [7, 11) is 1.49. The Hall–Kier alpha value is -4.90. The molecule has 0 saturated heterocycles. The number of carbonyl (C=O) groups is 1. The van der Waals surface area contributed by atoms with Gasteiger partial charge in [-0.3, -0.25) is 9.88 Å². The Bertz CT molecular complexity index is 1580. The number of anilines is 2. The molecule has 0 aromatic carbocycles. The van der Waals surface area contributed by atoms with Gasteiger partial charge in [-0.15, -0.1) is 0 Å². The van der Waals surface area contributed by atoms with Crippen molar-refractivity contribution in [3.8, 4) is 34.7 Å². The number of amides is 2. The van der Waals surface area contributed by atoms with Crippen LogP contribution >= 0.6 is 11.8 Å². The van der Waals surface area contributed by atoms with Crippen LogP contribution in [-0.4, -0.2) is 64.0 Å². The summed E-state index contributed by atoms with van der Waals surface area (Å²) in [5.41, 5.74) is 1.24. The van der Waals surface area contributed by atoms with Crippen molar-refractivity contribution in [2.75, 3.05) is 17.3 Å². The van der Waals surface area contributed by atoms with E-state index in [-0.39, 0.29) is 29.6 Å². The number of rotatable bonds is 8. The van der Waals surface area contributed by atoms with Crippen LogP contribution in [0.5, 0.6) is 6.01 Å². The molecule has 0 unspecified atom stereocenters. The second kappa shape index (κ2) is 12.3. The number of nitrogens with zero attached hydrogens (tertiary/aromatic N) is 10. The SMILES string of the molecule is COc1ncc(-c2cnc(N(C(=O)NC(C)C)C3(Nc4ncc(C#N)c(-c5ccn(Cl)n5)n4)CCCCC3)cn2)cn1. The van der Waals surface area contributed by atoms with Crippen LogP contribution in [-0.2, 0) is 0 Å². The van der Waals surface area contributed by atoms with E-state index < -0.39 is 5.66 Å². The van der Waals surface area contributed by atoms with E-state index in [1.165, 1.54) is 13.3 Å². The number of ether oxygens (including phenoxy) is 1. The van der Waals surface area contributed by atoms with Crippen molar-refractivity contribution in [1.82, 2.24) is 44.5 Å². The summed E-state index contributed by atoms with van der Waals surface area (Å²) in [4.78, 5) is 42.0. The van der Waals surface area contributed by atoms with Gasteiger partial charge in [0.2, 0.25) is 5.95 Å². The third-order valence-corrected chi connectivity index (χ3v) is 6.94. The molecule has 2 N–H and O–H groups in total. The van der Waals surface area contributed by atoms with Crippen LogP contribution in [0.1, 0.15) is 51.5 Å². The van der Waals surface area contributed by atoms with E-state index in [0.29, 0.717) is 41.3 Å². The maximum Gasteiger partial charge on any atom is 0.325 e. The lowest BCUT2D eigenvalue weighted by Crippen LogP contribution is -2.62. The molecule has 0 radical (unpaired) electrons. The van der Waals surface area contributed by atoms with Gasteiger partial charge in [-0.05, 0) is 45.6 Å². The highest BCUT2D eigenvalue weighted by atomic mass is 35.5. The van der Waals surface area contributed by atoms with Crippen molar-refractivity contribution < 1.29 is 9.53 Å². The van der Waals surface area contributed by atoms with Gasteiger partial charge in [0.15, 0.2) is 5.82 Å². The smallest absolute Gasteiger partial charge is 0.325 e. The van der Waals surface area contributed by atoms with Gasteiger partial charge in [0, 0.05) is 42.0 Å². The summed E-state index contributed by atoms with van der Waals surface area (Å²) in [5, 5.41) is 20.3. The van der Waals surface area contributed by atoms with Gasteiger partial charge in [0.25, 0.3) is 0 Å². The lowest BCUT2D eigenvalue weighted by molar-refractivity contribution is 0.228. The van der Waals surface area contributed by atoms with Crippen LogP contribution in [0.3, 0.4) is 0 Å². The number of aromatic nitrogens is 8. The lowest BCUT2D eigenvalue weighted by Gasteiger charge is -2.46. The number of urea groups is 1. The second-order valence-corrected chi connectivity index (χ2v) is 10.4. The number of hydrogen-bond donors (Lipinski definition) is 2. The molecule has 2 amide bonds. The second-order valence-electron chi connectivity index (χ2n) is 10.0. The fourth-order valence-corrected chi connectivity index (χ4v) is 5.00.